The van der Waals surface area contributed by atoms with E-state index in [1.54, 1.807) is 0 Å². The standard InChI is InChI=1S/C42H42N4O6/c1-30(2)27-37(40(48)43-29-39(47)52-36-25-23-35(24-26-36)46(50)51)44-41(49)38(28-31-15-7-3-8-16-31)45-42(32-17-9-4-10-18-32,33-19-11-5-12-20-33)34-21-13-6-14-22-34/h3-26,30,37-38,45H,27-29H2,1-2H3,(H,43,48)(H,44,49)/t37-,38-/m0/s1. The molecular weight excluding hydrogens is 656 g/mol. The molecule has 5 rings (SSSR count). The number of carbonyl (C=O) groups is 3. The molecule has 0 unspecified atom stereocenters. The largest absolute Gasteiger partial charge is 0.425 e. The van der Waals surface area contributed by atoms with Crippen molar-refractivity contribution in [3.8, 4) is 5.75 Å². The highest BCUT2D eigenvalue weighted by Crippen LogP contribution is 2.37. The summed E-state index contributed by atoms with van der Waals surface area (Å²) in [6, 6.07) is 42.9. The second-order valence-electron chi connectivity index (χ2n) is 12.9. The Balaban J connectivity index is 1.44. The highest BCUT2D eigenvalue weighted by Gasteiger charge is 2.40. The maximum atomic E-state index is 14.6. The number of nitro benzene ring substituents is 1. The fourth-order valence-electron chi connectivity index (χ4n) is 6.20. The molecule has 10 nitrogen and oxygen atoms in total. The predicted molar refractivity (Wildman–Crippen MR) is 199 cm³/mol. The molecule has 2 amide bonds. The van der Waals surface area contributed by atoms with Crippen LogP contribution in [0.5, 0.6) is 5.75 Å². The summed E-state index contributed by atoms with van der Waals surface area (Å²) in [7, 11) is 0. The van der Waals surface area contributed by atoms with E-state index in [-0.39, 0.29) is 23.3 Å². The normalized spacial score (nSPS) is 12.4. The van der Waals surface area contributed by atoms with E-state index in [0.29, 0.717) is 12.8 Å². The molecule has 0 heterocycles. The van der Waals surface area contributed by atoms with E-state index in [9.17, 15) is 24.5 Å². The molecular formula is C42H42N4O6. The van der Waals surface area contributed by atoms with Crippen LogP contribution >= 0.6 is 0 Å². The van der Waals surface area contributed by atoms with Crippen molar-refractivity contribution in [2.45, 2.75) is 44.3 Å². The van der Waals surface area contributed by atoms with Gasteiger partial charge in [0.05, 0.1) is 16.5 Å². The number of ether oxygens (including phenoxy) is 1. The Morgan fingerprint density at radius 2 is 1.15 bits per heavy atom. The van der Waals surface area contributed by atoms with Crippen molar-refractivity contribution in [1.29, 1.82) is 0 Å². The van der Waals surface area contributed by atoms with Crippen molar-refractivity contribution in [3.05, 3.63) is 178 Å². The molecule has 52 heavy (non-hydrogen) atoms. The number of amides is 2. The predicted octanol–water partition coefficient (Wildman–Crippen LogP) is 6.34. The van der Waals surface area contributed by atoms with E-state index in [4.69, 9.17) is 4.74 Å². The molecule has 0 saturated heterocycles. The smallest absolute Gasteiger partial charge is 0.330 e. The molecule has 0 aliphatic rings. The average molecular weight is 699 g/mol. The van der Waals surface area contributed by atoms with Gasteiger partial charge < -0.3 is 15.4 Å². The molecule has 0 saturated carbocycles. The molecule has 3 N–H and O–H groups in total. The Morgan fingerprint density at radius 1 is 0.673 bits per heavy atom. The zero-order chi connectivity index (χ0) is 36.9. The molecule has 5 aromatic carbocycles. The summed E-state index contributed by atoms with van der Waals surface area (Å²) >= 11 is 0. The molecule has 0 radical (unpaired) electrons. The molecule has 0 spiro atoms. The summed E-state index contributed by atoms with van der Waals surface area (Å²) in [5.41, 5.74) is 2.62. The Hall–Kier alpha value is -6.13. The number of nitro groups is 1. The highest BCUT2D eigenvalue weighted by molar-refractivity contribution is 5.91. The van der Waals surface area contributed by atoms with Crippen LogP contribution in [0.15, 0.2) is 146 Å². The van der Waals surface area contributed by atoms with Crippen LogP contribution in [0.2, 0.25) is 0 Å². The number of benzene rings is 5. The van der Waals surface area contributed by atoms with E-state index in [1.807, 2.05) is 135 Å². The minimum Gasteiger partial charge on any atom is -0.425 e. The third-order valence-electron chi connectivity index (χ3n) is 8.64. The molecule has 0 aliphatic carbocycles. The average Bonchev–Trinajstić information content (AvgIpc) is 3.16. The summed E-state index contributed by atoms with van der Waals surface area (Å²) in [6.07, 6.45) is 0.632. The molecule has 0 aliphatic heterocycles. The van der Waals surface area contributed by atoms with Gasteiger partial charge in [-0.1, -0.05) is 135 Å². The van der Waals surface area contributed by atoms with Crippen molar-refractivity contribution in [1.82, 2.24) is 16.0 Å². The molecule has 5 aromatic rings. The van der Waals surface area contributed by atoms with Gasteiger partial charge in [0.15, 0.2) is 0 Å². The highest BCUT2D eigenvalue weighted by atomic mass is 16.6. The quantitative estimate of drug-likeness (QED) is 0.0359. The lowest BCUT2D eigenvalue weighted by molar-refractivity contribution is -0.384. The lowest BCUT2D eigenvalue weighted by atomic mass is 9.76. The SMILES string of the molecule is CC(C)C[C@H](NC(=O)[C@H](Cc1ccccc1)NC(c1ccccc1)(c1ccccc1)c1ccccc1)C(=O)NCC(=O)Oc1ccc([N+](=O)[O-])cc1. The van der Waals surface area contributed by atoms with Crippen LogP contribution in [-0.4, -0.2) is 41.3 Å². The second kappa shape index (κ2) is 17.7. The van der Waals surface area contributed by atoms with Gasteiger partial charge in [-0.25, -0.2) is 4.79 Å². The fraction of sp³-hybridized carbons (Fsp3) is 0.214. The van der Waals surface area contributed by atoms with Gasteiger partial charge in [0, 0.05) is 12.1 Å². The number of carbonyl (C=O) groups excluding carboxylic acids is 3. The van der Waals surface area contributed by atoms with Crippen molar-refractivity contribution in [2.24, 2.45) is 5.92 Å². The minimum absolute atomic E-state index is 0.0284. The van der Waals surface area contributed by atoms with Gasteiger partial charge >= 0.3 is 5.97 Å². The van der Waals surface area contributed by atoms with Crippen molar-refractivity contribution in [2.75, 3.05) is 6.54 Å². The lowest BCUT2D eigenvalue weighted by Crippen LogP contribution is -2.59. The molecule has 266 valence electrons. The van der Waals surface area contributed by atoms with E-state index in [1.165, 1.54) is 24.3 Å². The van der Waals surface area contributed by atoms with Gasteiger partial charge in [-0.05, 0) is 53.1 Å². The van der Waals surface area contributed by atoms with Gasteiger partial charge in [0.25, 0.3) is 5.69 Å². The Morgan fingerprint density at radius 3 is 1.62 bits per heavy atom. The Labute approximate surface area is 303 Å². The first-order chi connectivity index (χ1) is 25.2. The summed E-state index contributed by atoms with van der Waals surface area (Å²) in [4.78, 5) is 51.2. The van der Waals surface area contributed by atoms with Crippen LogP contribution in [0, 0.1) is 16.0 Å². The lowest BCUT2D eigenvalue weighted by Gasteiger charge is -2.40. The minimum atomic E-state index is -0.960. The summed E-state index contributed by atoms with van der Waals surface area (Å²) in [5.74, 6) is -1.56. The first-order valence-corrected chi connectivity index (χ1v) is 17.2. The van der Waals surface area contributed by atoms with Crippen LogP contribution in [0.4, 0.5) is 5.69 Å². The summed E-state index contributed by atoms with van der Waals surface area (Å²) in [6.45, 7) is 3.42. The number of rotatable bonds is 16. The first-order valence-electron chi connectivity index (χ1n) is 17.2. The van der Waals surface area contributed by atoms with Crippen LogP contribution in [0.3, 0.4) is 0 Å². The number of hydrogen-bond donors (Lipinski definition) is 3. The van der Waals surface area contributed by atoms with E-state index in [2.05, 4.69) is 16.0 Å². The molecule has 0 aromatic heterocycles. The van der Waals surface area contributed by atoms with Crippen LogP contribution in [0.1, 0.15) is 42.5 Å². The third kappa shape index (κ3) is 9.55. The zero-order valence-electron chi connectivity index (χ0n) is 29.1. The zero-order valence-corrected chi connectivity index (χ0v) is 29.1. The monoisotopic (exact) mass is 698 g/mol. The molecule has 0 fully saturated rings. The van der Waals surface area contributed by atoms with Gasteiger partial charge in [0.1, 0.15) is 18.3 Å². The Kier molecular flexibility index (Phi) is 12.6. The van der Waals surface area contributed by atoms with Crippen LogP contribution < -0.4 is 20.7 Å². The number of nitrogens with one attached hydrogen (secondary N) is 3. The summed E-state index contributed by atoms with van der Waals surface area (Å²) < 4.78 is 5.25. The Bertz CT molecular complexity index is 1830. The van der Waals surface area contributed by atoms with E-state index < -0.39 is 41.0 Å². The van der Waals surface area contributed by atoms with Gasteiger partial charge in [0.2, 0.25) is 11.8 Å². The van der Waals surface area contributed by atoms with Crippen LogP contribution in [-0.2, 0) is 26.3 Å². The second-order valence-corrected chi connectivity index (χ2v) is 12.9. The maximum absolute atomic E-state index is 14.6. The van der Waals surface area contributed by atoms with Gasteiger partial charge in [-0.3, -0.25) is 25.0 Å². The van der Waals surface area contributed by atoms with Crippen molar-refractivity contribution >= 4 is 23.5 Å². The van der Waals surface area contributed by atoms with Crippen molar-refractivity contribution in [3.63, 3.8) is 0 Å². The maximum Gasteiger partial charge on any atom is 0.330 e. The molecule has 2 atom stereocenters. The molecule has 0 bridgehead atoms. The summed E-state index contributed by atoms with van der Waals surface area (Å²) in [5, 5.41) is 20.3. The number of nitrogens with zero attached hydrogens (tertiary/aromatic N) is 1. The van der Waals surface area contributed by atoms with Crippen LogP contribution in [0.25, 0.3) is 0 Å². The van der Waals surface area contributed by atoms with E-state index in [0.717, 1.165) is 22.3 Å². The van der Waals surface area contributed by atoms with Crippen molar-refractivity contribution < 1.29 is 24.0 Å². The van der Waals surface area contributed by atoms with Gasteiger partial charge in [-0.15, -0.1) is 0 Å². The molecule has 10 heteroatoms. The topological polar surface area (TPSA) is 140 Å². The fourth-order valence-corrected chi connectivity index (χ4v) is 6.20. The first kappa shape index (κ1) is 37.1. The third-order valence-corrected chi connectivity index (χ3v) is 8.64. The number of non-ortho nitro benzene ring substituents is 1. The van der Waals surface area contributed by atoms with E-state index >= 15 is 0 Å². The van der Waals surface area contributed by atoms with Gasteiger partial charge in [-0.2, -0.15) is 0 Å². The number of hydrogen-bond acceptors (Lipinski definition) is 7. The number of esters is 1.